The molecule has 0 spiro atoms. The normalized spacial score (nSPS) is 13.5. The third kappa shape index (κ3) is 2.17. The molecule has 1 aromatic rings. The van der Waals surface area contributed by atoms with Crippen LogP contribution in [0.2, 0.25) is 0 Å². The largest absolute Gasteiger partial charge is 0.473 e. The summed E-state index contributed by atoms with van der Waals surface area (Å²) in [5.74, 6) is -0.625. The topological polar surface area (TPSA) is 98.9 Å². The summed E-state index contributed by atoms with van der Waals surface area (Å²) in [6, 6.07) is 4.56. The van der Waals surface area contributed by atoms with Gasteiger partial charge in [0.2, 0.25) is 6.79 Å². The van der Waals surface area contributed by atoms with Gasteiger partial charge >= 0.3 is 11.7 Å². The van der Waals surface area contributed by atoms with Crippen molar-refractivity contribution < 1.29 is 24.3 Å². The summed E-state index contributed by atoms with van der Waals surface area (Å²) in [6.07, 6.45) is 0.963. The minimum Gasteiger partial charge on any atom is -0.473 e. The highest BCUT2D eigenvalue weighted by molar-refractivity contribution is 5.89. The van der Waals surface area contributed by atoms with Crippen molar-refractivity contribution in [2.45, 2.75) is 0 Å². The van der Waals surface area contributed by atoms with Crippen LogP contribution in [0, 0.1) is 10.1 Å². The van der Waals surface area contributed by atoms with Crippen LogP contribution in [0.4, 0.5) is 0 Å². The van der Waals surface area contributed by atoms with E-state index in [0.717, 1.165) is 6.08 Å². The van der Waals surface area contributed by atoms with E-state index in [1.807, 2.05) is 0 Å². The first kappa shape index (κ1) is 10.9. The molecule has 0 saturated heterocycles. The lowest BCUT2D eigenvalue weighted by atomic mass is 10.1. The van der Waals surface area contributed by atoms with Crippen molar-refractivity contribution in [2.24, 2.45) is 0 Å². The molecular weight excluding hydrogens is 230 g/mol. The van der Waals surface area contributed by atoms with E-state index in [2.05, 4.69) is 0 Å². The molecule has 7 nitrogen and oxygen atoms in total. The van der Waals surface area contributed by atoms with Crippen molar-refractivity contribution in [3.63, 3.8) is 0 Å². The maximum Gasteiger partial charge on any atom is 0.407 e. The van der Waals surface area contributed by atoms with Crippen LogP contribution in [0.3, 0.4) is 0 Å². The lowest BCUT2D eigenvalue weighted by Gasteiger charge is -1.97. The van der Waals surface area contributed by atoms with Crippen LogP contribution >= 0.6 is 0 Å². The van der Waals surface area contributed by atoms with Gasteiger partial charge < -0.3 is 14.6 Å². The number of carbonyl (C=O) groups is 1. The van der Waals surface area contributed by atoms with Gasteiger partial charge in [-0.3, -0.25) is 10.1 Å². The molecule has 1 heterocycles. The first-order chi connectivity index (χ1) is 8.08. The molecule has 0 unspecified atom stereocenters. The molecule has 7 heteroatoms. The molecule has 2 rings (SSSR count). The molecule has 0 aliphatic carbocycles. The predicted octanol–water partition coefficient (Wildman–Crippen LogP) is 1.12. The summed E-state index contributed by atoms with van der Waals surface area (Å²) in [5.41, 5.74) is -0.535. The smallest absolute Gasteiger partial charge is 0.407 e. The summed E-state index contributed by atoms with van der Waals surface area (Å²) in [5, 5.41) is 19.1. The van der Waals surface area contributed by atoms with Crippen LogP contribution in [0.5, 0.6) is 11.5 Å². The van der Waals surface area contributed by atoms with Crippen molar-refractivity contribution in [1.82, 2.24) is 0 Å². The summed E-state index contributed by atoms with van der Waals surface area (Å²) in [4.78, 5) is 20.1. The molecule has 1 aliphatic rings. The average molecular weight is 237 g/mol. The Bertz CT molecular complexity index is 506. The van der Waals surface area contributed by atoms with Crippen LogP contribution in [-0.2, 0) is 4.79 Å². The molecule has 0 atom stereocenters. The van der Waals surface area contributed by atoms with Crippen LogP contribution in [0.15, 0.2) is 23.9 Å². The van der Waals surface area contributed by atoms with Crippen molar-refractivity contribution in [3.8, 4) is 11.5 Å². The van der Waals surface area contributed by atoms with E-state index >= 15 is 0 Å². The number of benzene rings is 1. The first-order valence-corrected chi connectivity index (χ1v) is 4.57. The van der Waals surface area contributed by atoms with Gasteiger partial charge in [-0.2, -0.15) is 0 Å². The summed E-state index contributed by atoms with van der Waals surface area (Å²) >= 11 is 0. The van der Waals surface area contributed by atoms with Crippen molar-refractivity contribution >= 4 is 12.0 Å². The van der Waals surface area contributed by atoms with Gasteiger partial charge in [0.15, 0.2) is 11.5 Å². The van der Waals surface area contributed by atoms with E-state index in [1.165, 1.54) is 12.1 Å². The van der Waals surface area contributed by atoms with E-state index in [-0.39, 0.29) is 6.79 Å². The zero-order valence-electron chi connectivity index (χ0n) is 8.45. The van der Waals surface area contributed by atoms with Crippen LogP contribution < -0.4 is 9.47 Å². The van der Waals surface area contributed by atoms with Crippen molar-refractivity contribution in [1.29, 1.82) is 0 Å². The summed E-state index contributed by atoms with van der Waals surface area (Å²) < 4.78 is 10.1. The lowest BCUT2D eigenvalue weighted by Crippen LogP contribution is -2.09. The molecule has 1 N–H and O–H groups in total. The van der Waals surface area contributed by atoms with E-state index in [0.29, 0.717) is 17.1 Å². The Morgan fingerprint density at radius 1 is 1.41 bits per heavy atom. The monoisotopic (exact) mass is 237 g/mol. The van der Waals surface area contributed by atoms with E-state index in [9.17, 15) is 14.9 Å². The zero-order valence-corrected chi connectivity index (χ0v) is 8.45. The number of hydrogen-bond acceptors (Lipinski definition) is 5. The van der Waals surface area contributed by atoms with Gasteiger partial charge in [0.05, 0.1) is 4.92 Å². The Morgan fingerprint density at radius 2 is 2.12 bits per heavy atom. The van der Waals surface area contributed by atoms with Crippen molar-refractivity contribution in [3.05, 3.63) is 39.6 Å². The third-order valence-corrected chi connectivity index (χ3v) is 2.12. The van der Waals surface area contributed by atoms with Gasteiger partial charge in [-0.25, -0.2) is 4.79 Å². The van der Waals surface area contributed by atoms with E-state index in [4.69, 9.17) is 14.6 Å². The molecule has 0 amide bonds. The second kappa shape index (κ2) is 4.12. The number of carboxylic acids is 1. The SMILES string of the molecule is O=C(O)/C(=C/c1ccc2c(c1)OCO2)[N+](=O)[O-]. The van der Waals surface area contributed by atoms with Gasteiger partial charge in [-0.05, 0) is 17.7 Å². The van der Waals surface area contributed by atoms with Gasteiger partial charge in [0.25, 0.3) is 0 Å². The minimum atomic E-state index is -1.59. The summed E-state index contributed by atoms with van der Waals surface area (Å²) in [7, 11) is 0. The van der Waals surface area contributed by atoms with Gasteiger partial charge in [0, 0.05) is 6.08 Å². The van der Waals surface area contributed by atoms with Crippen LogP contribution in [-0.4, -0.2) is 22.8 Å². The number of nitrogens with zero attached hydrogens (tertiary/aromatic N) is 1. The first-order valence-electron chi connectivity index (χ1n) is 4.57. The molecule has 88 valence electrons. The molecule has 1 aromatic carbocycles. The van der Waals surface area contributed by atoms with Crippen molar-refractivity contribution in [2.75, 3.05) is 6.79 Å². The van der Waals surface area contributed by atoms with Gasteiger partial charge in [-0.1, -0.05) is 6.07 Å². The predicted molar refractivity (Wildman–Crippen MR) is 55.2 cm³/mol. The molecule has 1 aliphatic heterocycles. The molecule has 0 saturated carbocycles. The average Bonchev–Trinajstić information content (AvgIpc) is 2.71. The second-order valence-corrected chi connectivity index (χ2v) is 3.20. The van der Waals surface area contributed by atoms with E-state index < -0.39 is 16.6 Å². The van der Waals surface area contributed by atoms with Crippen LogP contribution in [0.1, 0.15) is 5.56 Å². The Labute approximate surface area is 95.0 Å². The fourth-order valence-electron chi connectivity index (χ4n) is 1.35. The highest BCUT2D eigenvalue weighted by atomic mass is 16.7. The summed E-state index contributed by atoms with van der Waals surface area (Å²) in [6.45, 7) is 0.0868. The molecule has 0 bridgehead atoms. The van der Waals surface area contributed by atoms with Crippen LogP contribution in [0.25, 0.3) is 6.08 Å². The lowest BCUT2D eigenvalue weighted by molar-refractivity contribution is -0.419. The number of rotatable bonds is 3. The Hall–Kier alpha value is -2.57. The fraction of sp³-hybridized carbons (Fsp3) is 0.100. The fourth-order valence-corrected chi connectivity index (χ4v) is 1.35. The quantitative estimate of drug-likeness (QED) is 0.480. The van der Waals surface area contributed by atoms with Gasteiger partial charge in [0.1, 0.15) is 0 Å². The number of hydrogen-bond donors (Lipinski definition) is 1. The third-order valence-electron chi connectivity index (χ3n) is 2.12. The van der Waals surface area contributed by atoms with E-state index in [1.54, 1.807) is 6.07 Å². The zero-order chi connectivity index (χ0) is 12.4. The standard InChI is InChI=1S/C10H7NO6/c12-10(13)7(11(14)15)3-6-1-2-8-9(4-6)17-5-16-8/h1-4H,5H2,(H,12,13)/b7-3-. The molecule has 0 fully saturated rings. The molecule has 0 radical (unpaired) electrons. The van der Waals surface area contributed by atoms with Gasteiger partial charge in [-0.15, -0.1) is 0 Å². The number of aliphatic carboxylic acids is 1. The maximum atomic E-state index is 10.6. The Morgan fingerprint density at radius 3 is 2.76 bits per heavy atom. The molecule has 17 heavy (non-hydrogen) atoms. The highest BCUT2D eigenvalue weighted by Gasteiger charge is 2.21. The maximum absolute atomic E-state index is 10.6. The number of ether oxygens (including phenoxy) is 2. The Kier molecular flexibility index (Phi) is 2.65. The molecular formula is C10H7NO6. The Balaban J connectivity index is 2.37. The number of fused-ring (bicyclic) bond motifs is 1. The molecule has 0 aromatic heterocycles. The minimum absolute atomic E-state index is 0.0868. The highest BCUT2D eigenvalue weighted by Crippen LogP contribution is 2.33. The number of carboxylic acid groups (broad SMARTS) is 1. The second-order valence-electron chi connectivity index (χ2n) is 3.20. The number of nitro groups is 1.